The molecule has 266 valence electrons. The van der Waals surface area contributed by atoms with Crippen molar-refractivity contribution >= 4 is 41.4 Å². The van der Waals surface area contributed by atoms with E-state index in [2.05, 4.69) is 41.6 Å². The first kappa shape index (κ1) is 38.1. The van der Waals surface area contributed by atoms with E-state index in [0.29, 0.717) is 22.7 Å². The molecule has 0 bridgehead atoms. The van der Waals surface area contributed by atoms with Crippen molar-refractivity contribution in [3.05, 3.63) is 124 Å². The molecule has 51 heavy (non-hydrogen) atoms. The monoisotopic (exact) mass is 687 g/mol. The van der Waals surface area contributed by atoms with Gasteiger partial charge in [0.2, 0.25) is 0 Å². The van der Waals surface area contributed by atoms with Gasteiger partial charge < -0.3 is 20.5 Å². The molecule has 2 aliphatic rings. The summed E-state index contributed by atoms with van der Waals surface area (Å²) in [5.74, 6) is 0.0402. The van der Waals surface area contributed by atoms with Crippen LogP contribution in [0.1, 0.15) is 96.5 Å². The molecule has 1 spiro atoms. The van der Waals surface area contributed by atoms with Gasteiger partial charge in [-0.05, 0) is 95.1 Å². The SMILES string of the molecule is C/C=C\C.CCC.CCNc1cc2c(cc1C)C1(c3cc(C)c(NCC)cc3O2)c2ccccc2C(=O)N1/N=C/C=Nc1ccc(C(=O)O)cc1. The molecule has 0 fully saturated rings. The van der Waals surface area contributed by atoms with Crippen LogP contribution in [0.3, 0.4) is 0 Å². The number of amides is 1. The van der Waals surface area contributed by atoms with Crippen LogP contribution >= 0.6 is 0 Å². The molecule has 0 aromatic heterocycles. The summed E-state index contributed by atoms with van der Waals surface area (Å²) < 4.78 is 6.62. The van der Waals surface area contributed by atoms with Crippen LogP contribution in [0.25, 0.3) is 0 Å². The number of carbonyl (C=O) groups is 2. The Balaban J connectivity index is 0.000000767. The number of anilines is 2. The summed E-state index contributed by atoms with van der Waals surface area (Å²) in [7, 11) is 0. The molecule has 1 amide bonds. The topological polar surface area (TPSA) is 116 Å². The minimum Gasteiger partial charge on any atom is -0.478 e. The van der Waals surface area contributed by atoms with E-state index < -0.39 is 11.5 Å². The van der Waals surface area contributed by atoms with Crippen molar-refractivity contribution in [1.82, 2.24) is 5.01 Å². The molecule has 9 heteroatoms. The van der Waals surface area contributed by atoms with Crippen LogP contribution in [0.15, 0.2) is 95.0 Å². The lowest BCUT2D eigenvalue weighted by atomic mass is 9.74. The highest BCUT2D eigenvalue weighted by Gasteiger charge is 2.57. The highest BCUT2D eigenvalue weighted by atomic mass is 16.5. The fraction of sp³-hybridized carbons (Fsp3) is 0.286. The highest BCUT2D eigenvalue weighted by molar-refractivity contribution is 6.17. The number of nitrogens with one attached hydrogen (secondary N) is 2. The van der Waals surface area contributed by atoms with E-state index in [9.17, 15) is 14.7 Å². The molecule has 0 radical (unpaired) electrons. The fourth-order valence-electron chi connectivity index (χ4n) is 6.06. The molecule has 3 N–H and O–H groups in total. The van der Waals surface area contributed by atoms with Crippen LogP contribution in [-0.4, -0.2) is 47.5 Å². The van der Waals surface area contributed by atoms with E-state index in [1.165, 1.54) is 36.0 Å². The second kappa shape index (κ2) is 17.3. The smallest absolute Gasteiger partial charge is 0.335 e. The second-order valence-electron chi connectivity index (χ2n) is 12.1. The number of aromatic carboxylic acids is 1. The highest BCUT2D eigenvalue weighted by Crippen LogP contribution is 2.58. The Kier molecular flexibility index (Phi) is 12.9. The first-order valence-electron chi connectivity index (χ1n) is 17.5. The number of fused-ring (bicyclic) bond motifs is 6. The van der Waals surface area contributed by atoms with Crippen LogP contribution in [0.2, 0.25) is 0 Å². The quantitative estimate of drug-likeness (QED) is 0.125. The summed E-state index contributed by atoms with van der Waals surface area (Å²) in [4.78, 5) is 29.8. The summed E-state index contributed by atoms with van der Waals surface area (Å²) in [6, 6.07) is 22.0. The van der Waals surface area contributed by atoms with E-state index in [1.54, 1.807) is 12.1 Å². The molecule has 2 heterocycles. The number of carbonyl (C=O) groups excluding carboxylic acids is 1. The normalized spacial score (nSPS) is 13.6. The van der Waals surface area contributed by atoms with Crippen LogP contribution in [0, 0.1) is 13.8 Å². The molecular formula is C42H49N5O4. The number of aliphatic imine (C=N–C) groups is 1. The Bertz CT molecular complexity index is 1880. The number of hydrazone groups is 1. The van der Waals surface area contributed by atoms with E-state index >= 15 is 0 Å². The van der Waals surface area contributed by atoms with Crippen molar-refractivity contribution in [2.24, 2.45) is 10.1 Å². The number of hydrogen-bond acceptors (Lipinski definition) is 7. The second-order valence-corrected chi connectivity index (χ2v) is 12.1. The van der Waals surface area contributed by atoms with Gasteiger partial charge in [-0.3, -0.25) is 9.79 Å². The van der Waals surface area contributed by atoms with Crippen molar-refractivity contribution in [2.75, 3.05) is 23.7 Å². The number of hydrogen-bond donors (Lipinski definition) is 3. The fourth-order valence-corrected chi connectivity index (χ4v) is 6.06. The number of carboxylic acid groups (broad SMARTS) is 1. The number of benzene rings is 4. The zero-order valence-electron chi connectivity index (χ0n) is 30.9. The maximum Gasteiger partial charge on any atom is 0.335 e. The number of nitrogens with zero attached hydrogens (tertiary/aromatic N) is 3. The average Bonchev–Trinajstić information content (AvgIpc) is 3.37. The van der Waals surface area contributed by atoms with E-state index in [0.717, 1.165) is 52.3 Å². The maximum atomic E-state index is 14.2. The minimum atomic E-state index is -1.10. The summed E-state index contributed by atoms with van der Waals surface area (Å²) >= 11 is 0. The number of allylic oxidation sites excluding steroid dienone is 2. The van der Waals surface area contributed by atoms with Crippen molar-refractivity contribution in [1.29, 1.82) is 0 Å². The predicted octanol–water partition coefficient (Wildman–Crippen LogP) is 10.1. The molecule has 9 nitrogen and oxygen atoms in total. The van der Waals surface area contributed by atoms with Gasteiger partial charge in [0.05, 0.1) is 17.5 Å². The number of aryl methyl sites for hydroxylation is 2. The first-order valence-corrected chi connectivity index (χ1v) is 17.5. The summed E-state index contributed by atoms with van der Waals surface area (Å²) in [6.07, 6.45) is 8.24. The van der Waals surface area contributed by atoms with Gasteiger partial charge in [0, 0.05) is 65.1 Å². The number of carboxylic acids is 1. The largest absolute Gasteiger partial charge is 0.478 e. The molecular weight excluding hydrogens is 638 g/mol. The lowest BCUT2D eigenvalue weighted by molar-refractivity contribution is 0.0672. The van der Waals surface area contributed by atoms with E-state index in [1.807, 2.05) is 90.1 Å². The Labute approximate surface area is 301 Å². The molecule has 0 saturated heterocycles. The lowest BCUT2D eigenvalue weighted by Gasteiger charge is -2.42. The van der Waals surface area contributed by atoms with Gasteiger partial charge in [-0.1, -0.05) is 50.6 Å². The van der Waals surface area contributed by atoms with Crippen molar-refractivity contribution in [2.45, 2.75) is 67.3 Å². The van der Waals surface area contributed by atoms with Gasteiger partial charge in [-0.15, -0.1) is 0 Å². The van der Waals surface area contributed by atoms with Crippen LogP contribution in [0.4, 0.5) is 17.1 Å². The standard InChI is InChI=1S/C35H33N5O4.C4H8.C3H8/c1-5-36-29-19-31-27(17-21(29)3)35(28-18-22(4)30(37-6-2)20-32(28)44-31)26-10-8-7-9-25(26)33(41)40(35)39-16-15-38-24-13-11-23(12-14-24)34(42)43;1-3-4-2;1-3-2/h7-20,36-37H,5-6H2,1-4H3,(H,42,43);3-4H,1-2H3;3H2,1-2H3/b38-15?,39-16+;4-3-;. The van der Waals surface area contributed by atoms with Crippen LogP contribution in [-0.2, 0) is 5.54 Å². The Morgan fingerprint density at radius 2 is 1.33 bits per heavy atom. The zero-order valence-corrected chi connectivity index (χ0v) is 30.9. The number of rotatable bonds is 8. The Morgan fingerprint density at radius 3 is 1.82 bits per heavy atom. The maximum absolute atomic E-state index is 14.2. The third-order valence-electron chi connectivity index (χ3n) is 8.36. The van der Waals surface area contributed by atoms with Crippen molar-refractivity contribution in [3.63, 3.8) is 0 Å². The van der Waals surface area contributed by atoms with E-state index in [-0.39, 0.29) is 11.5 Å². The molecule has 0 aliphatic carbocycles. The molecule has 0 unspecified atom stereocenters. The van der Waals surface area contributed by atoms with Gasteiger partial charge in [0.15, 0.2) is 0 Å². The molecule has 0 saturated carbocycles. The Morgan fingerprint density at radius 1 is 0.804 bits per heavy atom. The predicted molar refractivity (Wildman–Crippen MR) is 210 cm³/mol. The molecule has 4 aromatic carbocycles. The molecule has 6 rings (SSSR count). The zero-order chi connectivity index (χ0) is 37.1. The average molecular weight is 688 g/mol. The molecule has 4 aromatic rings. The molecule has 0 atom stereocenters. The van der Waals surface area contributed by atoms with Gasteiger partial charge in [0.25, 0.3) is 5.91 Å². The first-order chi connectivity index (χ1) is 24.6. The Hall–Kier alpha value is -5.70. The van der Waals surface area contributed by atoms with Crippen LogP contribution < -0.4 is 15.4 Å². The number of ether oxygens (including phenoxy) is 1. The third kappa shape index (κ3) is 7.72. The lowest BCUT2D eigenvalue weighted by Crippen LogP contribution is -2.44. The van der Waals surface area contributed by atoms with Gasteiger partial charge in [-0.25, -0.2) is 9.80 Å². The minimum absolute atomic E-state index is 0.178. The summed E-state index contributed by atoms with van der Waals surface area (Å²) in [5, 5.41) is 22.3. The summed E-state index contributed by atoms with van der Waals surface area (Å²) in [5.41, 5.74) is 6.60. The van der Waals surface area contributed by atoms with Crippen molar-refractivity contribution in [3.8, 4) is 11.5 Å². The van der Waals surface area contributed by atoms with Crippen molar-refractivity contribution < 1.29 is 19.4 Å². The summed E-state index contributed by atoms with van der Waals surface area (Å²) in [6.45, 7) is 17.9. The van der Waals surface area contributed by atoms with Gasteiger partial charge >= 0.3 is 5.97 Å². The van der Waals surface area contributed by atoms with Crippen LogP contribution in [0.5, 0.6) is 11.5 Å². The van der Waals surface area contributed by atoms with Gasteiger partial charge in [-0.2, -0.15) is 5.10 Å². The molecule has 2 aliphatic heterocycles. The third-order valence-corrected chi connectivity index (χ3v) is 8.36. The van der Waals surface area contributed by atoms with Gasteiger partial charge in [0.1, 0.15) is 17.0 Å². The van der Waals surface area contributed by atoms with E-state index in [4.69, 9.17) is 9.84 Å².